The maximum atomic E-state index is 12.1. The summed E-state index contributed by atoms with van der Waals surface area (Å²) in [5, 5.41) is 11.8. The van der Waals surface area contributed by atoms with Crippen molar-refractivity contribution in [2.45, 2.75) is 6.54 Å². The molecular formula is C18H23N3O2. The summed E-state index contributed by atoms with van der Waals surface area (Å²) in [4.78, 5) is 15.7. The summed E-state index contributed by atoms with van der Waals surface area (Å²) >= 11 is 0. The van der Waals surface area contributed by atoms with Crippen LogP contribution < -0.4 is 10.2 Å². The number of urea groups is 1. The van der Waals surface area contributed by atoms with E-state index < -0.39 is 0 Å². The monoisotopic (exact) mass is 313 g/mol. The maximum Gasteiger partial charge on any atom is 0.321 e. The first-order chi connectivity index (χ1) is 11.1. The number of para-hydroxylation sites is 2. The Bertz CT molecular complexity index is 631. The van der Waals surface area contributed by atoms with Gasteiger partial charge in [0.1, 0.15) is 0 Å². The number of rotatable bonds is 6. The second-order valence-corrected chi connectivity index (χ2v) is 5.43. The van der Waals surface area contributed by atoms with Crippen molar-refractivity contribution in [3.63, 3.8) is 0 Å². The van der Waals surface area contributed by atoms with Gasteiger partial charge in [-0.15, -0.1) is 0 Å². The SMILES string of the molecule is CN(CCO)C(=O)Nc1ccccc1N(C)Cc1ccccc1. The molecule has 23 heavy (non-hydrogen) atoms. The normalized spacial score (nSPS) is 10.2. The number of hydrogen-bond donors (Lipinski definition) is 2. The van der Waals surface area contributed by atoms with Crippen molar-refractivity contribution >= 4 is 17.4 Å². The molecule has 0 aliphatic heterocycles. The van der Waals surface area contributed by atoms with Gasteiger partial charge in [0, 0.05) is 27.2 Å². The number of carbonyl (C=O) groups is 1. The van der Waals surface area contributed by atoms with E-state index >= 15 is 0 Å². The highest BCUT2D eigenvalue weighted by Crippen LogP contribution is 2.26. The molecule has 2 N–H and O–H groups in total. The first-order valence-corrected chi connectivity index (χ1v) is 7.59. The van der Waals surface area contributed by atoms with E-state index in [1.807, 2.05) is 49.5 Å². The first-order valence-electron chi connectivity index (χ1n) is 7.59. The molecule has 0 spiro atoms. The molecule has 5 heteroatoms. The number of aliphatic hydroxyl groups excluding tert-OH is 1. The molecule has 0 saturated heterocycles. The smallest absolute Gasteiger partial charge is 0.321 e. The summed E-state index contributed by atoms with van der Waals surface area (Å²) in [6, 6.07) is 17.6. The van der Waals surface area contributed by atoms with E-state index in [1.165, 1.54) is 10.5 Å². The number of anilines is 2. The molecule has 0 aliphatic carbocycles. The van der Waals surface area contributed by atoms with Gasteiger partial charge >= 0.3 is 6.03 Å². The van der Waals surface area contributed by atoms with Crippen molar-refractivity contribution in [1.29, 1.82) is 0 Å². The number of benzene rings is 2. The molecule has 2 aromatic carbocycles. The van der Waals surface area contributed by atoms with Crippen LogP contribution in [0.2, 0.25) is 0 Å². The van der Waals surface area contributed by atoms with Gasteiger partial charge in [0.05, 0.1) is 18.0 Å². The molecule has 0 saturated carbocycles. The fourth-order valence-electron chi connectivity index (χ4n) is 2.32. The van der Waals surface area contributed by atoms with Crippen LogP contribution in [-0.2, 0) is 6.54 Å². The Hall–Kier alpha value is -2.53. The molecule has 122 valence electrons. The van der Waals surface area contributed by atoms with Gasteiger partial charge in [-0.05, 0) is 17.7 Å². The number of carbonyl (C=O) groups excluding carboxylic acids is 1. The summed E-state index contributed by atoms with van der Waals surface area (Å²) in [5.41, 5.74) is 2.90. The number of amides is 2. The van der Waals surface area contributed by atoms with Crippen molar-refractivity contribution in [1.82, 2.24) is 4.90 Å². The van der Waals surface area contributed by atoms with Gasteiger partial charge in [0.15, 0.2) is 0 Å². The lowest BCUT2D eigenvalue weighted by molar-refractivity contribution is 0.202. The highest BCUT2D eigenvalue weighted by Gasteiger charge is 2.12. The molecule has 0 bridgehead atoms. The van der Waals surface area contributed by atoms with Crippen LogP contribution in [0.25, 0.3) is 0 Å². The summed E-state index contributed by atoms with van der Waals surface area (Å²) in [6.45, 7) is 0.994. The number of aliphatic hydroxyl groups is 1. The van der Waals surface area contributed by atoms with Gasteiger partial charge in [-0.3, -0.25) is 0 Å². The average molecular weight is 313 g/mol. The fraction of sp³-hybridized carbons (Fsp3) is 0.278. The van der Waals surface area contributed by atoms with Gasteiger partial charge in [-0.2, -0.15) is 0 Å². The summed E-state index contributed by atoms with van der Waals surface area (Å²) < 4.78 is 0. The minimum atomic E-state index is -0.236. The van der Waals surface area contributed by atoms with Crippen molar-refractivity contribution in [3.8, 4) is 0 Å². The van der Waals surface area contributed by atoms with Crippen LogP contribution in [0.15, 0.2) is 54.6 Å². The lowest BCUT2D eigenvalue weighted by atomic mass is 10.2. The quantitative estimate of drug-likeness (QED) is 0.862. The number of hydrogen-bond acceptors (Lipinski definition) is 3. The molecule has 2 amide bonds. The molecule has 0 aliphatic rings. The first kappa shape index (κ1) is 16.8. The molecule has 2 aromatic rings. The Balaban J connectivity index is 2.12. The zero-order valence-electron chi connectivity index (χ0n) is 13.6. The highest BCUT2D eigenvalue weighted by atomic mass is 16.3. The predicted molar refractivity (Wildman–Crippen MR) is 93.7 cm³/mol. The van der Waals surface area contributed by atoms with E-state index in [2.05, 4.69) is 22.3 Å². The van der Waals surface area contributed by atoms with Crippen LogP contribution in [-0.4, -0.2) is 43.3 Å². The van der Waals surface area contributed by atoms with E-state index in [4.69, 9.17) is 5.11 Å². The van der Waals surface area contributed by atoms with E-state index in [9.17, 15) is 4.79 Å². The topological polar surface area (TPSA) is 55.8 Å². The number of nitrogens with zero attached hydrogens (tertiary/aromatic N) is 2. The fourth-order valence-corrected chi connectivity index (χ4v) is 2.32. The second-order valence-electron chi connectivity index (χ2n) is 5.43. The van der Waals surface area contributed by atoms with Crippen molar-refractivity contribution in [3.05, 3.63) is 60.2 Å². The Morgan fingerprint density at radius 1 is 1.04 bits per heavy atom. The van der Waals surface area contributed by atoms with Crippen LogP contribution >= 0.6 is 0 Å². The summed E-state index contributed by atoms with van der Waals surface area (Å²) in [5.74, 6) is 0. The maximum absolute atomic E-state index is 12.1. The molecule has 2 rings (SSSR count). The molecule has 0 radical (unpaired) electrons. The Labute approximate surface area is 137 Å². The standard InChI is InChI=1S/C18H23N3O2/c1-20(12-13-22)18(23)19-16-10-6-7-11-17(16)21(2)14-15-8-4-3-5-9-15/h3-11,22H,12-14H2,1-2H3,(H,19,23). The Morgan fingerprint density at radius 3 is 2.39 bits per heavy atom. The zero-order valence-corrected chi connectivity index (χ0v) is 13.6. The Kier molecular flexibility index (Phi) is 6.00. The van der Waals surface area contributed by atoms with Crippen LogP contribution in [0.3, 0.4) is 0 Å². The van der Waals surface area contributed by atoms with E-state index in [-0.39, 0.29) is 12.6 Å². The van der Waals surface area contributed by atoms with Gasteiger partial charge in [0.2, 0.25) is 0 Å². The third kappa shape index (κ3) is 4.72. The lowest BCUT2D eigenvalue weighted by Crippen LogP contribution is -2.34. The Morgan fingerprint density at radius 2 is 1.70 bits per heavy atom. The van der Waals surface area contributed by atoms with Crippen LogP contribution in [0, 0.1) is 0 Å². The van der Waals surface area contributed by atoms with Gasteiger partial charge < -0.3 is 20.2 Å². The molecule has 0 aromatic heterocycles. The van der Waals surface area contributed by atoms with E-state index in [0.717, 1.165) is 17.9 Å². The van der Waals surface area contributed by atoms with E-state index in [0.29, 0.717) is 6.54 Å². The minimum Gasteiger partial charge on any atom is -0.395 e. The summed E-state index contributed by atoms with van der Waals surface area (Å²) in [6.07, 6.45) is 0. The van der Waals surface area contributed by atoms with E-state index in [1.54, 1.807) is 7.05 Å². The van der Waals surface area contributed by atoms with Crippen molar-refractivity contribution < 1.29 is 9.90 Å². The molecule has 0 heterocycles. The lowest BCUT2D eigenvalue weighted by Gasteiger charge is -2.24. The molecular weight excluding hydrogens is 290 g/mol. The predicted octanol–water partition coefficient (Wildman–Crippen LogP) is 2.78. The van der Waals surface area contributed by atoms with Crippen LogP contribution in [0.1, 0.15) is 5.56 Å². The number of likely N-dealkylation sites (N-methyl/N-ethyl adjacent to an activating group) is 1. The van der Waals surface area contributed by atoms with Gasteiger partial charge in [-0.25, -0.2) is 4.79 Å². The third-order valence-electron chi connectivity index (χ3n) is 3.60. The molecule has 0 atom stereocenters. The molecule has 0 unspecified atom stereocenters. The average Bonchev–Trinajstić information content (AvgIpc) is 2.56. The molecule has 5 nitrogen and oxygen atoms in total. The number of nitrogens with one attached hydrogen (secondary N) is 1. The van der Waals surface area contributed by atoms with Crippen molar-refractivity contribution in [2.75, 3.05) is 37.5 Å². The molecule has 0 fully saturated rings. The van der Waals surface area contributed by atoms with Crippen LogP contribution in [0.4, 0.5) is 16.2 Å². The largest absolute Gasteiger partial charge is 0.395 e. The highest BCUT2D eigenvalue weighted by molar-refractivity contribution is 5.93. The summed E-state index contributed by atoms with van der Waals surface area (Å²) in [7, 11) is 3.65. The third-order valence-corrected chi connectivity index (χ3v) is 3.60. The van der Waals surface area contributed by atoms with Gasteiger partial charge in [-0.1, -0.05) is 42.5 Å². The zero-order chi connectivity index (χ0) is 16.7. The van der Waals surface area contributed by atoms with Crippen molar-refractivity contribution in [2.24, 2.45) is 0 Å². The van der Waals surface area contributed by atoms with Crippen LogP contribution in [0.5, 0.6) is 0 Å². The second kappa shape index (κ2) is 8.19. The van der Waals surface area contributed by atoms with Gasteiger partial charge in [0.25, 0.3) is 0 Å². The minimum absolute atomic E-state index is 0.0561.